The third-order valence-electron chi connectivity index (χ3n) is 7.45. The number of rotatable bonds is 5. The highest BCUT2D eigenvalue weighted by Gasteiger charge is 2.48. The van der Waals surface area contributed by atoms with Crippen molar-refractivity contribution in [1.29, 1.82) is 0 Å². The van der Waals surface area contributed by atoms with E-state index in [0.717, 1.165) is 61.3 Å². The van der Waals surface area contributed by atoms with Gasteiger partial charge in [0.15, 0.2) is 0 Å². The molecule has 0 N–H and O–H groups in total. The molecule has 0 atom stereocenters. The molecule has 1 aliphatic heterocycles. The van der Waals surface area contributed by atoms with Crippen LogP contribution in [0.3, 0.4) is 0 Å². The van der Waals surface area contributed by atoms with Crippen LogP contribution in [0.1, 0.15) is 77.6 Å². The van der Waals surface area contributed by atoms with Gasteiger partial charge in [0, 0.05) is 49.1 Å². The molecule has 2 aromatic heterocycles. The summed E-state index contributed by atoms with van der Waals surface area (Å²) >= 11 is 0. The molecular formula is C31H41N5O5. The lowest BCUT2D eigenvalue weighted by atomic mass is 9.68. The van der Waals surface area contributed by atoms with E-state index in [4.69, 9.17) is 14.2 Å². The number of amides is 1. The van der Waals surface area contributed by atoms with Crippen molar-refractivity contribution >= 4 is 12.1 Å². The third-order valence-corrected chi connectivity index (χ3v) is 7.45. The van der Waals surface area contributed by atoms with Crippen LogP contribution in [0.5, 0.6) is 5.75 Å². The second-order valence-corrected chi connectivity index (χ2v) is 13.4. The number of ether oxygens (including phenoxy) is 3. The average molecular weight is 564 g/mol. The van der Waals surface area contributed by atoms with Crippen molar-refractivity contribution in [3.8, 4) is 22.6 Å². The molecule has 1 aromatic carbocycles. The third kappa shape index (κ3) is 6.74. The molecule has 0 radical (unpaired) electrons. The zero-order chi connectivity index (χ0) is 29.6. The number of hydrogen-bond acceptors (Lipinski definition) is 7. The Bertz CT molecular complexity index is 1410. The van der Waals surface area contributed by atoms with Crippen LogP contribution in [-0.2, 0) is 16.5 Å². The van der Waals surface area contributed by atoms with E-state index in [-0.39, 0.29) is 17.6 Å². The van der Waals surface area contributed by atoms with E-state index in [1.807, 2.05) is 77.9 Å². The van der Waals surface area contributed by atoms with Gasteiger partial charge in [-0.1, -0.05) is 0 Å². The second kappa shape index (κ2) is 10.5. The van der Waals surface area contributed by atoms with Crippen molar-refractivity contribution in [2.75, 3.05) is 13.1 Å². The molecule has 1 spiro atoms. The van der Waals surface area contributed by atoms with Gasteiger partial charge in [0.05, 0.1) is 29.7 Å². The zero-order valence-electron chi connectivity index (χ0n) is 25.1. The first-order valence-corrected chi connectivity index (χ1v) is 14.2. The summed E-state index contributed by atoms with van der Waals surface area (Å²) in [5.41, 5.74) is 2.11. The Morgan fingerprint density at radius 1 is 0.927 bits per heavy atom. The topological polar surface area (TPSA) is 101 Å². The average Bonchev–Trinajstić information content (AvgIpc) is 3.51. The number of benzene rings is 1. The fourth-order valence-electron chi connectivity index (χ4n) is 5.53. The molecule has 10 heteroatoms. The van der Waals surface area contributed by atoms with E-state index in [9.17, 15) is 9.59 Å². The summed E-state index contributed by atoms with van der Waals surface area (Å²) in [6, 6.07) is 5.92. The van der Waals surface area contributed by atoms with E-state index in [1.165, 1.54) is 6.20 Å². The number of aromatic nitrogens is 4. The van der Waals surface area contributed by atoms with Crippen LogP contribution < -0.4 is 4.74 Å². The lowest BCUT2D eigenvalue weighted by Crippen LogP contribution is -2.60. The van der Waals surface area contributed by atoms with Gasteiger partial charge in [-0.25, -0.2) is 14.3 Å². The van der Waals surface area contributed by atoms with Gasteiger partial charge in [-0.3, -0.25) is 4.68 Å². The summed E-state index contributed by atoms with van der Waals surface area (Å²) in [6.45, 7) is 12.7. The van der Waals surface area contributed by atoms with Crippen LogP contribution in [0.25, 0.3) is 16.8 Å². The minimum absolute atomic E-state index is 0.104. The predicted molar refractivity (Wildman–Crippen MR) is 154 cm³/mol. The van der Waals surface area contributed by atoms with Gasteiger partial charge in [-0.15, -0.1) is 0 Å². The SMILES string of the molecule is Cn1cc(-c2cc(OC3CCC4(CC3)CN(C(=O)OC(C)(C)C)C4)ccc2-n2cc(C(=O)OC(C)(C)C)cn2)cn1. The highest BCUT2D eigenvalue weighted by atomic mass is 16.6. The Morgan fingerprint density at radius 3 is 2.22 bits per heavy atom. The lowest BCUT2D eigenvalue weighted by molar-refractivity contribution is -0.0607. The summed E-state index contributed by atoms with van der Waals surface area (Å²) in [4.78, 5) is 26.8. The number of esters is 1. The monoisotopic (exact) mass is 563 g/mol. The maximum Gasteiger partial charge on any atom is 0.410 e. The van der Waals surface area contributed by atoms with Gasteiger partial charge in [0.25, 0.3) is 0 Å². The van der Waals surface area contributed by atoms with E-state index in [0.29, 0.717) is 5.56 Å². The summed E-state index contributed by atoms with van der Waals surface area (Å²) in [7, 11) is 1.88. The largest absolute Gasteiger partial charge is 0.490 e. The normalized spacial score (nSPS) is 17.3. The number of nitrogens with zero attached hydrogens (tertiary/aromatic N) is 5. The molecular weight excluding hydrogens is 522 g/mol. The van der Waals surface area contributed by atoms with E-state index < -0.39 is 17.2 Å². The molecule has 1 amide bonds. The van der Waals surface area contributed by atoms with Crippen LogP contribution >= 0.6 is 0 Å². The van der Waals surface area contributed by atoms with Gasteiger partial charge >= 0.3 is 12.1 Å². The highest BCUT2D eigenvalue weighted by Crippen LogP contribution is 2.45. The van der Waals surface area contributed by atoms with Crippen molar-refractivity contribution in [1.82, 2.24) is 24.5 Å². The van der Waals surface area contributed by atoms with Gasteiger partial charge in [-0.2, -0.15) is 10.2 Å². The molecule has 1 saturated carbocycles. The Morgan fingerprint density at radius 2 is 1.61 bits per heavy atom. The number of carbonyl (C=O) groups excluding carboxylic acids is 2. The Hall–Kier alpha value is -3.82. The summed E-state index contributed by atoms with van der Waals surface area (Å²) in [5, 5.41) is 8.81. The van der Waals surface area contributed by atoms with Crippen LogP contribution in [0, 0.1) is 5.41 Å². The highest BCUT2D eigenvalue weighted by molar-refractivity contribution is 5.89. The number of hydrogen-bond donors (Lipinski definition) is 0. The number of aryl methyl sites for hydroxylation is 1. The van der Waals surface area contributed by atoms with Gasteiger partial charge in [0.1, 0.15) is 17.0 Å². The molecule has 10 nitrogen and oxygen atoms in total. The summed E-state index contributed by atoms with van der Waals surface area (Å²) in [6.07, 6.45) is 10.7. The van der Waals surface area contributed by atoms with Crippen molar-refractivity contribution in [3.63, 3.8) is 0 Å². The summed E-state index contributed by atoms with van der Waals surface area (Å²) < 4.78 is 20.9. The van der Waals surface area contributed by atoms with Crippen LogP contribution in [-0.4, -0.2) is 66.9 Å². The number of carbonyl (C=O) groups is 2. The fraction of sp³-hybridized carbons (Fsp3) is 0.548. The smallest absolute Gasteiger partial charge is 0.410 e. The van der Waals surface area contributed by atoms with Crippen LogP contribution in [0.4, 0.5) is 4.79 Å². The van der Waals surface area contributed by atoms with Crippen LogP contribution in [0.2, 0.25) is 0 Å². The van der Waals surface area contributed by atoms with Crippen molar-refractivity contribution in [3.05, 3.63) is 48.5 Å². The van der Waals surface area contributed by atoms with E-state index in [1.54, 1.807) is 21.8 Å². The lowest BCUT2D eigenvalue weighted by Gasteiger charge is -2.53. The molecule has 3 heterocycles. The first-order chi connectivity index (χ1) is 19.2. The molecule has 220 valence electrons. The van der Waals surface area contributed by atoms with E-state index in [2.05, 4.69) is 10.2 Å². The van der Waals surface area contributed by atoms with E-state index >= 15 is 0 Å². The van der Waals surface area contributed by atoms with Crippen LogP contribution in [0.15, 0.2) is 43.0 Å². The minimum Gasteiger partial charge on any atom is -0.490 e. The molecule has 2 aliphatic rings. The fourth-order valence-corrected chi connectivity index (χ4v) is 5.53. The predicted octanol–water partition coefficient (Wildman–Crippen LogP) is 5.79. The molecule has 1 aliphatic carbocycles. The maximum absolute atomic E-state index is 12.6. The molecule has 5 rings (SSSR count). The summed E-state index contributed by atoms with van der Waals surface area (Å²) in [5.74, 6) is 0.361. The first kappa shape index (κ1) is 28.7. The minimum atomic E-state index is -0.589. The molecule has 0 bridgehead atoms. The zero-order valence-corrected chi connectivity index (χ0v) is 25.1. The molecule has 0 unspecified atom stereocenters. The Labute approximate surface area is 241 Å². The first-order valence-electron chi connectivity index (χ1n) is 14.2. The van der Waals surface area contributed by atoms with Crippen molar-refractivity contribution in [2.45, 2.75) is 84.5 Å². The molecule has 1 saturated heterocycles. The standard InChI is InChI=1S/C31H41N5O5/c1-29(2,3)40-27(37)22-16-33-36(18-22)26-9-8-24(14-25(26)21-15-32-34(7)17-21)39-23-10-12-31(13-11-23)19-35(20-31)28(38)41-30(4,5)6/h8-9,14-18,23H,10-13,19-20H2,1-7H3. The second-order valence-electron chi connectivity index (χ2n) is 13.4. The Kier molecular flexibility index (Phi) is 7.38. The quantitative estimate of drug-likeness (QED) is 0.362. The molecule has 41 heavy (non-hydrogen) atoms. The molecule has 3 aromatic rings. The Balaban J connectivity index is 1.27. The maximum atomic E-state index is 12.6. The van der Waals surface area contributed by atoms with Crippen molar-refractivity contribution < 1.29 is 23.8 Å². The van der Waals surface area contributed by atoms with Crippen molar-refractivity contribution in [2.24, 2.45) is 12.5 Å². The van der Waals surface area contributed by atoms with Gasteiger partial charge in [-0.05, 0) is 85.4 Å². The molecule has 2 fully saturated rings. The number of likely N-dealkylation sites (tertiary alicyclic amines) is 1. The van der Waals surface area contributed by atoms with Gasteiger partial charge < -0.3 is 19.1 Å². The van der Waals surface area contributed by atoms with Gasteiger partial charge in [0.2, 0.25) is 0 Å².